The van der Waals surface area contributed by atoms with Gasteiger partial charge in [0, 0.05) is 48.1 Å². The van der Waals surface area contributed by atoms with Crippen molar-refractivity contribution in [1.29, 1.82) is 0 Å². The number of rotatable bonds is 5. The van der Waals surface area contributed by atoms with Crippen LogP contribution >= 0.6 is 0 Å². The summed E-state index contributed by atoms with van der Waals surface area (Å²) < 4.78 is 12.0. The van der Waals surface area contributed by atoms with Crippen LogP contribution in [-0.4, -0.2) is 72.9 Å². The lowest BCUT2D eigenvalue weighted by Gasteiger charge is -2.43. The molecule has 38 heavy (non-hydrogen) atoms. The van der Waals surface area contributed by atoms with Gasteiger partial charge in [-0.1, -0.05) is 25.1 Å². The van der Waals surface area contributed by atoms with E-state index in [4.69, 9.17) is 9.47 Å². The number of carbonyl (C=O) groups is 2. The molecule has 0 aromatic heterocycles. The van der Waals surface area contributed by atoms with Crippen LogP contribution in [0.25, 0.3) is 0 Å². The number of aliphatic hydroxyl groups excluding tert-OH is 3. The summed E-state index contributed by atoms with van der Waals surface area (Å²) in [6.45, 7) is 2.69. The first-order chi connectivity index (χ1) is 18.0. The summed E-state index contributed by atoms with van der Waals surface area (Å²) in [5.41, 5.74) is -2.03. The second kappa shape index (κ2) is 9.71. The highest BCUT2D eigenvalue weighted by Crippen LogP contribution is 2.52. The van der Waals surface area contributed by atoms with Crippen molar-refractivity contribution in [3.05, 3.63) is 57.1 Å². The Morgan fingerprint density at radius 1 is 1.05 bits per heavy atom. The maximum absolute atomic E-state index is 13.6. The van der Waals surface area contributed by atoms with Gasteiger partial charge in [0.25, 0.3) is 0 Å². The number of ketones is 2. The average Bonchev–Trinajstić information content (AvgIpc) is 2.87. The van der Waals surface area contributed by atoms with Gasteiger partial charge in [-0.2, -0.15) is 0 Å². The molecule has 6 N–H and O–H groups in total. The Labute approximate surface area is 219 Å². The fraction of sp³-hybridized carbons (Fsp3) is 0.500. The molecule has 1 aliphatic heterocycles. The Balaban J connectivity index is 1.66. The molecule has 10 heteroatoms. The van der Waals surface area contributed by atoms with Crippen molar-refractivity contribution < 1.29 is 49.7 Å². The van der Waals surface area contributed by atoms with Gasteiger partial charge in [0.05, 0.1) is 41.6 Å². The Kier molecular flexibility index (Phi) is 6.83. The SMILES string of the molecule is CC1O[C@@H](O[C@H]2C[C@](O)(CCO)Cc3c(O)c4c(c(O)c32)C(=O)c2c(CO)cccc2C4=O)C[C@@H](C)[C@@H]1O. The summed E-state index contributed by atoms with van der Waals surface area (Å²) in [5, 5.41) is 63.8. The van der Waals surface area contributed by atoms with Crippen molar-refractivity contribution in [2.45, 2.75) is 76.3 Å². The monoisotopic (exact) mass is 528 g/mol. The van der Waals surface area contributed by atoms with Gasteiger partial charge in [-0.25, -0.2) is 0 Å². The molecule has 1 heterocycles. The molecule has 0 amide bonds. The number of aromatic hydroxyl groups is 2. The van der Waals surface area contributed by atoms with E-state index in [1.165, 1.54) is 18.2 Å². The molecule has 0 spiro atoms. The quantitative estimate of drug-likeness (QED) is 0.267. The third-order valence-electron chi connectivity index (χ3n) is 8.12. The molecule has 0 bridgehead atoms. The van der Waals surface area contributed by atoms with Gasteiger partial charge in [0.1, 0.15) is 11.5 Å². The lowest BCUT2D eigenvalue weighted by atomic mass is 9.72. The molecule has 3 aliphatic rings. The van der Waals surface area contributed by atoms with Crippen LogP contribution < -0.4 is 0 Å². The Morgan fingerprint density at radius 2 is 1.76 bits per heavy atom. The van der Waals surface area contributed by atoms with Gasteiger partial charge >= 0.3 is 0 Å². The molecule has 5 rings (SSSR count). The number of ether oxygens (including phenoxy) is 2. The van der Waals surface area contributed by atoms with Crippen LogP contribution in [0.3, 0.4) is 0 Å². The van der Waals surface area contributed by atoms with E-state index in [1.54, 1.807) is 6.92 Å². The van der Waals surface area contributed by atoms with Crippen LogP contribution in [0.1, 0.15) is 87.7 Å². The predicted molar refractivity (Wildman–Crippen MR) is 132 cm³/mol. The van der Waals surface area contributed by atoms with Crippen molar-refractivity contribution in [2.24, 2.45) is 5.92 Å². The molecule has 2 aromatic rings. The number of hydrogen-bond acceptors (Lipinski definition) is 10. The minimum atomic E-state index is -1.54. The van der Waals surface area contributed by atoms with Gasteiger partial charge in [0.15, 0.2) is 17.9 Å². The number of phenols is 2. The molecule has 2 aromatic carbocycles. The van der Waals surface area contributed by atoms with Crippen LogP contribution in [0.15, 0.2) is 18.2 Å². The fourth-order valence-electron chi connectivity index (χ4n) is 6.12. The summed E-state index contributed by atoms with van der Waals surface area (Å²) in [7, 11) is 0. The number of phenolic OH excluding ortho intramolecular Hbond substituents is 2. The lowest BCUT2D eigenvalue weighted by Crippen LogP contribution is -2.45. The Morgan fingerprint density at radius 3 is 2.42 bits per heavy atom. The van der Waals surface area contributed by atoms with Gasteiger partial charge in [-0.3, -0.25) is 9.59 Å². The van der Waals surface area contributed by atoms with Crippen LogP contribution in [0.2, 0.25) is 0 Å². The average molecular weight is 529 g/mol. The first-order valence-electron chi connectivity index (χ1n) is 12.8. The maximum atomic E-state index is 13.6. The van der Waals surface area contributed by atoms with Gasteiger partial charge in [-0.15, -0.1) is 0 Å². The molecular formula is C28H32O10. The van der Waals surface area contributed by atoms with E-state index in [1.807, 2.05) is 6.92 Å². The lowest BCUT2D eigenvalue weighted by molar-refractivity contribution is -0.256. The normalized spacial score (nSPS) is 30.5. The number of carbonyl (C=O) groups excluding carboxylic acids is 2. The van der Waals surface area contributed by atoms with Gasteiger partial charge in [-0.05, 0) is 24.8 Å². The van der Waals surface area contributed by atoms with E-state index in [0.717, 1.165) is 0 Å². The van der Waals surface area contributed by atoms with Crippen LogP contribution in [-0.2, 0) is 22.5 Å². The highest BCUT2D eigenvalue weighted by molar-refractivity contribution is 6.31. The molecule has 10 nitrogen and oxygen atoms in total. The molecule has 1 saturated heterocycles. The maximum Gasteiger partial charge on any atom is 0.198 e. The molecule has 1 fully saturated rings. The molecule has 0 radical (unpaired) electrons. The van der Waals surface area contributed by atoms with Crippen LogP contribution in [0.4, 0.5) is 0 Å². The standard InChI is InChI=1S/C28H32O10/c1-12-8-18(37-13(2)23(12)31)38-17-10-28(36,6-7-29)9-16-20(17)27(35)22-21(25(16)33)24(32)15-5-3-4-14(11-30)19(15)26(22)34/h3-5,12-13,17-18,23,29-31,33,35-36H,6-11H2,1-2H3/t12-,13?,17+,18+,23+,28+/m1/s1. The largest absolute Gasteiger partial charge is 0.507 e. The van der Waals surface area contributed by atoms with Crippen molar-refractivity contribution in [1.82, 2.24) is 0 Å². The van der Waals surface area contributed by atoms with Crippen molar-refractivity contribution in [2.75, 3.05) is 6.61 Å². The van der Waals surface area contributed by atoms with E-state index in [0.29, 0.717) is 6.42 Å². The van der Waals surface area contributed by atoms with Crippen LogP contribution in [0.5, 0.6) is 11.5 Å². The van der Waals surface area contributed by atoms with E-state index in [-0.39, 0.29) is 70.7 Å². The molecule has 6 atom stereocenters. The summed E-state index contributed by atoms with van der Waals surface area (Å²) in [6, 6.07) is 4.43. The summed E-state index contributed by atoms with van der Waals surface area (Å²) in [4.78, 5) is 27.1. The summed E-state index contributed by atoms with van der Waals surface area (Å²) >= 11 is 0. The second-order valence-electron chi connectivity index (χ2n) is 10.7. The number of aliphatic hydroxyl groups is 4. The van der Waals surface area contributed by atoms with Crippen molar-refractivity contribution in [3.8, 4) is 11.5 Å². The van der Waals surface area contributed by atoms with E-state index in [2.05, 4.69) is 0 Å². The van der Waals surface area contributed by atoms with E-state index in [9.17, 15) is 40.2 Å². The highest BCUT2D eigenvalue weighted by atomic mass is 16.7. The summed E-state index contributed by atoms with van der Waals surface area (Å²) in [6.07, 6.45) is -3.16. The first-order valence-corrected chi connectivity index (χ1v) is 12.8. The topological polar surface area (TPSA) is 174 Å². The second-order valence-corrected chi connectivity index (χ2v) is 10.7. The smallest absolute Gasteiger partial charge is 0.198 e. The molecule has 204 valence electrons. The van der Waals surface area contributed by atoms with E-state index < -0.39 is 59.9 Å². The minimum absolute atomic E-state index is 0.00457. The van der Waals surface area contributed by atoms with Crippen molar-refractivity contribution in [3.63, 3.8) is 0 Å². The zero-order chi connectivity index (χ0) is 27.5. The number of fused-ring (bicyclic) bond motifs is 3. The Hall–Kier alpha value is -2.86. The summed E-state index contributed by atoms with van der Waals surface area (Å²) in [5.74, 6) is -2.66. The minimum Gasteiger partial charge on any atom is -0.507 e. The zero-order valence-corrected chi connectivity index (χ0v) is 21.2. The molecular weight excluding hydrogens is 496 g/mol. The number of hydrogen-bond donors (Lipinski definition) is 6. The molecule has 1 unspecified atom stereocenters. The number of benzene rings is 2. The van der Waals surface area contributed by atoms with Crippen molar-refractivity contribution >= 4 is 11.6 Å². The van der Waals surface area contributed by atoms with Crippen LogP contribution in [0, 0.1) is 5.92 Å². The Bertz CT molecular complexity index is 1290. The zero-order valence-electron chi connectivity index (χ0n) is 21.2. The van der Waals surface area contributed by atoms with Gasteiger partial charge in [0.2, 0.25) is 0 Å². The third kappa shape index (κ3) is 4.12. The van der Waals surface area contributed by atoms with Gasteiger partial charge < -0.3 is 40.1 Å². The molecule has 2 aliphatic carbocycles. The third-order valence-corrected chi connectivity index (χ3v) is 8.12. The molecule has 0 saturated carbocycles. The predicted octanol–water partition coefficient (Wildman–Crippen LogP) is 1.61. The fourth-order valence-corrected chi connectivity index (χ4v) is 6.12. The first kappa shape index (κ1) is 26.7. The van der Waals surface area contributed by atoms with E-state index >= 15 is 0 Å². The highest BCUT2D eigenvalue weighted by Gasteiger charge is 2.47.